The van der Waals surface area contributed by atoms with Gasteiger partial charge in [0.05, 0.1) is 6.10 Å². The molecular weight excluding hydrogens is 280 g/mol. The Morgan fingerprint density at radius 2 is 2.14 bits per heavy atom. The van der Waals surface area contributed by atoms with Crippen LogP contribution in [-0.4, -0.2) is 31.1 Å². The van der Waals surface area contributed by atoms with E-state index < -0.39 is 0 Å². The Labute approximate surface area is 134 Å². The molecule has 4 atom stereocenters. The summed E-state index contributed by atoms with van der Waals surface area (Å²) in [5.74, 6) is 0.351. The highest BCUT2D eigenvalue weighted by molar-refractivity contribution is 5.84. The second kappa shape index (κ2) is 9.31. The molecule has 0 radical (unpaired) electrons. The number of ether oxygens (including phenoxy) is 3. The van der Waals surface area contributed by atoms with Crippen LogP contribution in [0.4, 0.5) is 0 Å². The van der Waals surface area contributed by atoms with E-state index in [0.717, 1.165) is 32.3 Å². The lowest BCUT2D eigenvalue weighted by Gasteiger charge is -2.29. The molecule has 4 nitrogen and oxygen atoms in total. The normalized spacial score (nSPS) is 27.6. The molecule has 0 spiro atoms. The Hall–Kier alpha value is -0.870. The molecule has 4 heteroatoms. The summed E-state index contributed by atoms with van der Waals surface area (Å²) < 4.78 is 16.8. The third kappa shape index (κ3) is 6.09. The molecule has 0 N–H and O–H groups in total. The summed E-state index contributed by atoms with van der Waals surface area (Å²) in [5, 5.41) is 0. The zero-order valence-corrected chi connectivity index (χ0v) is 14.0. The predicted octanol–water partition coefficient (Wildman–Crippen LogP) is 3.99. The van der Waals surface area contributed by atoms with Crippen LogP contribution in [0.5, 0.6) is 0 Å². The monoisotopic (exact) mass is 310 g/mol. The molecular formula is C18H30O4. The van der Waals surface area contributed by atoms with Crippen molar-refractivity contribution in [1.82, 2.24) is 0 Å². The standard InChI is InChI=1S/C18H30O4/c1-14(15(2)21-18-10-6-7-13-20-18)8-4-3-5-9-16-11-12-17(19)22-16/h11-12,14-16,18H,3-10,13H2,1-2H3/t14-,15+,16+,18?/m1/s1. The van der Waals surface area contributed by atoms with Gasteiger partial charge in [-0.1, -0.05) is 19.8 Å². The Kier molecular flexibility index (Phi) is 7.40. The number of hydrogen-bond acceptors (Lipinski definition) is 4. The van der Waals surface area contributed by atoms with E-state index in [4.69, 9.17) is 14.2 Å². The maximum Gasteiger partial charge on any atom is 0.331 e. The van der Waals surface area contributed by atoms with Crippen molar-refractivity contribution in [2.45, 2.75) is 83.7 Å². The van der Waals surface area contributed by atoms with E-state index >= 15 is 0 Å². The highest BCUT2D eigenvalue weighted by atomic mass is 16.7. The highest BCUT2D eigenvalue weighted by Gasteiger charge is 2.21. The fourth-order valence-electron chi connectivity index (χ4n) is 2.98. The lowest BCUT2D eigenvalue weighted by Crippen LogP contribution is -2.29. The van der Waals surface area contributed by atoms with Crippen LogP contribution in [0.25, 0.3) is 0 Å². The molecule has 126 valence electrons. The summed E-state index contributed by atoms with van der Waals surface area (Å²) in [5.41, 5.74) is 0. The Morgan fingerprint density at radius 3 is 2.82 bits per heavy atom. The minimum Gasteiger partial charge on any atom is -0.455 e. The van der Waals surface area contributed by atoms with E-state index in [-0.39, 0.29) is 24.5 Å². The van der Waals surface area contributed by atoms with E-state index in [1.807, 2.05) is 6.08 Å². The van der Waals surface area contributed by atoms with E-state index in [9.17, 15) is 4.79 Å². The van der Waals surface area contributed by atoms with Crippen LogP contribution >= 0.6 is 0 Å². The van der Waals surface area contributed by atoms with Crippen molar-refractivity contribution in [2.24, 2.45) is 5.92 Å². The molecule has 0 saturated carbocycles. The van der Waals surface area contributed by atoms with Crippen molar-refractivity contribution < 1.29 is 19.0 Å². The van der Waals surface area contributed by atoms with Gasteiger partial charge in [-0.15, -0.1) is 0 Å². The van der Waals surface area contributed by atoms with E-state index in [1.165, 1.54) is 31.8 Å². The van der Waals surface area contributed by atoms with Crippen molar-refractivity contribution in [1.29, 1.82) is 0 Å². The van der Waals surface area contributed by atoms with Gasteiger partial charge in [0.2, 0.25) is 0 Å². The summed E-state index contributed by atoms with van der Waals surface area (Å²) in [6, 6.07) is 0. The third-order valence-corrected chi connectivity index (χ3v) is 4.67. The zero-order chi connectivity index (χ0) is 15.8. The molecule has 2 aliphatic heterocycles. The molecule has 2 aliphatic rings. The second-order valence-corrected chi connectivity index (χ2v) is 6.59. The number of rotatable bonds is 9. The van der Waals surface area contributed by atoms with Gasteiger partial charge in [-0.25, -0.2) is 4.79 Å². The number of unbranched alkanes of at least 4 members (excludes halogenated alkanes) is 2. The van der Waals surface area contributed by atoms with Gasteiger partial charge < -0.3 is 14.2 Å². The topological polar surface area (TPSA) is 44.8 Å². The van der Waals surface area contributed by atoms with Crippen molar-refractivity contribution in [3.8, 4) is 0 Å². The predicted molar refractivity (Wildman–Crippen MR) is 85.4 cm³/mol. The van der Waals surface area contributed by atoms with Crippen LogP contribution < -0.4 is 0 Å². The van der Waals surface area contributed by atoms with Gasteiger partial charge in [0, 0.05) is 12.7 Å². The number of esters is 1. The van der Waals surface area contributed by atoms with Crippen LogP contribution in [0, 0.1) is 5.92 Å². The maximum atomic E-state index is 10.9. The van der Waals surface area contributed by atoms with Gasteiger partial charge in [0.25, 0.3) is 0 Å². The molecule has 22 heavy (non-hydrogen) atoms. The fourth-order valence-corrected chi connectivity index (χ4v) is 2.98. The zero-order valence-electron chi connectivity index (χ0n) is 14.0. The molecule has 1 unspecified atom stereocenters. The van der Waals surface area contributed by atoms with Crippen LogP contribution in [0.3, 0.4) is 0 Å². The quantitative estimate of drug-likeness (QED) is 0.477. The smallest absolute Gasteiger partial charge is 0.331 e. The molecule has 2 rings (SSSR count). The maximum absolute atomic E-state index is 10.9. The number of hydrogen-bond donors (Lipinski definition) is 0. The van der Waals surface area contributed by atoms with Gasteiger partial charge in [-0.2, -0.15) is 0 Å². The van der Waals surface area contributed by atoms with Gasteiger partial charge in [0.1, 0.15) is 6.10 Å². The average molecular weight is 310 g/mol. The van der Waals surface area contributed by atoms with Crippen molar-refractivity contribution >= 4 is 5.97 Å². The van der Waals surface area contributed by atoms with Gasteiger partial charge >= 0.3 is 5.97 Å². The molecule has 0 aromatic carbocycles. The molecule has 0 amide bonds. The summed E-state index contributed by atoms with van der Waals surface area (Å²) >= 11 is 0. The lowest BCUT2D eigenvalue weighted by molar-refractivity contribution is -0.193. The summed E-state index contributed by atoms with van der Waals surface area (Å²) in [4.78, 5) is 10.9. The number of carbonyl (C=O) groups is 1. The minimum absolute atomic E-state index is 0.00930. The molecule has 1 fully saturated rings. The first-order valence-corrected chi connectivity index (χ1v) is 8.81. The van der Waals surface area contributed by atoms with E-state index in [0.29, 0.717) is 5.92 Å². The van der Waals surface area contributed by atoms with Crippen molar-refractivity contribution in [2.75, 3.05) is 6.61 Å². The number of carbonyl (C=O) groups excluding carboxylic acids is 1. The van der Waals surface area contributed by atoms with Crippen LogP contribution in [0.2, 0.25) is 0 Å². The Morgan fingerprint density at radius 1 is 1.27 bits per heavy atom. The summed E-state index contributed by atoms with van der Waals surface area (Å²) in [6.45, 7) is 5.26. The van der Waals surface area contributed by atoms with Gasteiger partial charge in [0.15, 0.2) is 6.29 Å². The molecule has 0 aromatic heterocycles. The van der Waals surface area contributed by atoms with Crippen molar-refractivity contribution in [3.05, 3.63) is 12.2 Å². The van der Waals surface area contributed by atoms with Crippen LogP contribution in [0.1, 0.15) is 65.2 Å². The fraction of sp³-hybridized carbons (Fsp3) is 0.833. The first kappa shape index (κ1) is 17.5. The highest BCUT2D eigenvalue weighted by Crippen LogP contribution is 2.22. The van der Waals surface area contributed by atoms with Crippen LogP contribution in [0.15, 0.2) is 12.2 Å². The number of cyclic esters (lactones) is 1. The lowest BCUT2D eigenvalue weighted by atomic mass is 9.97. The van der Waals surface area contributed by atoms with Crippen molar-refractivity contribution in [3.63, 3.8) is 0 Å². The largest absolute Gasteiger partial charge is 0.455 e. The molecule has 0 aromatic rings. The first-order valence-electron chi connectivity index (χ1n) is 8.81. The Bertz CT molecular complexity index is 360. The molecule has 2 heterocycles. The minimum atomic E-state index is -0.200. The molecule has 1 saturated heterocycles. The summed E-state index contributed by atoms with van der Waals surface area (Å²) in [7, 11) is 0. The SMILES string of the molecule is C[C@H](CCCCC[C@H]1C=CC(=O)O1)[C@H](C)OC1CCCCO1. The third-order valence-electron chi connectivity index (χ3n) is 4.67. The molecule has 0 aliphatic carbocycles. The first-order chi connectivity index (χ1) is 10.6. The average Bonchev–Trinajstić information content (AvgIpc) is 2.93. The van der Waals surface area contributed by atoms with E-state index in [2.05, 4.69) is 13.8 Å². The summed E-state index contributed by atoms with van der Waals surface area (Å²) in [6.07, 6.45) is 12.7. The second-order valence-electron chi connectivity index (χ2n) is 6.59. The van der Waals surface area contributed by atoms with Gasteiger partial charge in [-0.3, -0.25) is 0 Å². The van der Waals surface area contributed by atoms with E-state index in [1.54, 1.807) is 0 Å². The van der Waals surface area contributed by atoms with Crippen LogP contribution in [-0.2, 0) is 19.0 Å². The Balaban J connectivity index is 1.50. The molecule has 0 bridgehead atoms. The van der Waals surface area contributed by atoms with Gasteiger partial charge in [-0.05, 0) is 57.4 Å².